The number of aromatic nitrogens is 3. The number of piperidine rings is 1. The van der Waals surface area contributed by atoms with Crippen molar-refractivity contribution in [2.45, 2.75) is 18.9 Å². The van der Waals surface area contributed by atoms with Crippen LogP contribution in [0.2, 0.25) is 0 Å². The number of nitrogens with one attached hydrogen (secondary N) is 1. The van der Waals surface area contributed by atoms with Crippen LogP contribution in [-0.4, -0.2) is 38.0 Å². The summed E-state index contributed by atoms with van der Waals surface area (Å²) in [6, 6.07) is 18.2. The zero-order valence-electron chi connectivity index (χ0n) is 16.9. The number of rotatable bonds is 3. The van der Waals surface area contributed by atoms with Gasteiger partial charge in [0.1, 0.15) is 0 Å². The number of likely N-dealkylation sites (tertiary alicyclic amines) is 1. The Morgan fingerprint density at radius 1 is 0.871 bits per heavy atom. The second-order valence-corrected chi connectivity index (χ2v) is 7.81. The van der Waals surface area contributed by atoms with Crippen LogP contribution in [0.25, 0.3) is 16.6 Å². The highest BCUT2D eigenvalue weighted by molar-refractivity contribution is 5.94. The fourth-order valence-electron chi connectivity index (χ4n) is 4.30. The molecule has 0 radical (unpaired) electrons. The van der Waals surface area contributed by atoms with E-state index in [0.717, 1.165) is 5.69 Å². The number of fused-ring (bicyclic) bond motifs is 1. The van der Waals surface area contributed by atoms with E-state index in [2.05, 4.69) is 4.98 Å². The second kappa shape index (κ2) is 7.75. The van der Waals surface area contributed by atoms with Gasteiger partial charge in [-0.3, -0.25) is 14.2 Å². The Kier molecular flexibility index (Phi) is 4.78. The lowest BCUT2D eigenvalue weighted by molar-refractivity contribution is 0.0692. The van der Waals surface area contributed by atoms with Crippen LogP contribution in [-0.2, 0) is 0 Å². The summed E-state index contributed by atoms with van der Waals surface area (Å²) in [7, 11) is 0. The minimum atomic E-state index is -0.394. The van der Waals surface area contributed by atoms with Crippen LogP contribution < -0.4 is 11.2 Å². The van der Waals surface area contributed by atoms with Crippen molar-refractivity contribution in [1.29, 1.82) is 0 Å². The van der Waals surface area contributed by atoms with E-state index >= 15 is 0 Å². The van der Waals surface area contributed by atoms with Gasteiger partial charge >= 0.3 is 5.69 Å². The fourth-order valence-corrected chi connectivity index (χ4v) is 4.30. The molecule has 31 heavy (non-hydrogen) atoms. The van der Waals surface area contributed by atoms with Gasteiger partial charge in [0.05, 0.1) is 10.9 Å². The van der Waals surface area contributed by atoms with Crippen LogP contribution in [0.15, 0.2) is 82.6 Å². The monoisotopic (exact) mass is 414 g/mol. The van der Waals surface area contributed by atoms with E-state index in [-0.39, 0.29) is 17.5 Å². The first-order valence-corrected chi connectivity index (χ1v) is 10.4. The SMILES string of the molecule is O=C(c1ccc(-n2cccc2)cc1)N1CCC(n2c(=O)[nH]c3ccccc3c2=O)CC1. The van der Waals surface area contributed by atoms with Gasteiger partial charge in [-0.05, 0) is 61.4 Å². The molecule has 0 saturated carbocycles. The minimum Gasteiger partial charge on any atom is -0.338 e. The van der Waals surface area contributed by atoms with Gasteiger partial charge in [0.15, 0.2) is 0 Å². The van der Waals surface area contributed by atoms with E-state index in [1.54, 1.807) is 29.2 Å². The topological polar surface area (TPSA) is 80.1 Å². The number of H-pyrrole nitrogens is 1. The molecule has 0 bridgehead atoms. The van der Waals surface area contributed by atoms with Crippen LogP contribution in [0, 0.1) is 0 Å². The molecule has 0 unspecified atom stereocenters. The number of amides is 1. The largest absolute Gasteiger partial charge is 0.338 e. The van der Waals surface area contributed by atoms with E-state index in [9.17, 15) is 14.4 Å². The molecule has 1 N–H and O–H groups in total. The number of para-hydroxylation sites is 1. The maximum atomic E-state index is 12.9. The first-order valence-electron chi connectivity index (χ1n) is 10.4. The molecule has 7 nitrogen and oxygen atoms in total. The van der Waals surface area contributed by atoms with Crippen LogP contribution in [0.1, 0.15) is 29.2 Å². The molecular weight excluding hydrogens is 392 g/mol. The molecule has 1 aliphatic rings. The number of carbonyl (C=O) groups excluding carboxylic acids is 1. The number of nitrogens with zero attached hydrogens (tertiary/aromatic N) is 3. The third kappa shape index (κ3) is 3.48. The third-order valence-corrected chi connectivity index (χ3v) is 5.97. The predicted molar refractivity (Wildman–Crippen MR) is 119 cm³/mol. The predicted octanol–water partition coefficient (Wildman–Crippen LogP) is 2.96. The molecule has 156 valence electrons. The Morgan fingerprint density at radius 2 is 1.55 bits per heavy atom. The van der Waals surface area contributed by atoms with Gasteiger partial charge in [0.2, 0.25) is 0 Å². The molecule has 1 saturated heterocycles. The van der Waals surface area contributed by atoms with Gasteiger partial charge in [-0.2, -0.15) is 0 Å². The maximum Gasteiger partial charge on any atom is 0.329 e. The standard InChI is InChI=1S/C24H22N4O3/c29-22(17-7-9-18(10-8-17)26-13-3-4-14-26)27-15-11-19(12-16-27)28-23(30)20-5-1-2-6-21(20)25-24(28)31/h1-10,13-14,19H,11-12,15-16H2,(H,25,31). The molecule has 0 aliphatic carbocycles. The Hall–Kier alpha value is -3.87. The number of benzene rings is 2. The Balaban J connectivity index is 1.32. The summed E-state index contributed by atoms with van der Waals surface area (Å²) in [6.07, 6.45) is 5.04. The molecule has 2 aromatic heterocycles. The van der Waals surface area contributed by atoms with Crippen LogP contribution in [0.4, 0.5) is 0 Å². The Morgan fingerprint density at radius 3 is 2.26 bits per heavy atom. The van der Waals surface area contributed by atoms with Gasteiger partial charge in [-0.15, -0.1) is 0 Å². The van der Waals surface area contributed by atoms with Crippen molar-refractivity contribution in [1.82, 2.24) is 19.0 Å². The Labute approximate surface area is 178 Å². The zero-order chi connectivity index (χ0) is 21.4. The molecule has 1 aliphatic heterocycles. The summed E-state index contributed by atoms with van der Waals surface area (Å²) in [5.74, 6) is -0.0303. The van der Waals surface area contributed by atoms with Crippen molar-refractivity contribution >= 4 is 16.8 Å². The second-order valence-electron chi connectivity index (χ2n) is 7.81. The van der Waals surface area contributed by atoms with Crippen LogP contribution >= 0.6 is 0 Å². The molecule has 1 amide bonds. The fraction of sp³-hybridized carbons (Fsp3) is 0.208. The highest BCUT2D eigenvalue weighted by Crippen LogP contribution is 2.22. The summed E-state index contributed by atoms with van der Waals surface area (Å²) >= 11 is 0. The molecule has 2 aromatic carbocycles. The Bertz CT molecular complexity index is 1340. The van der Waals surface area contributed by atoms with E-state index in [0.29, 0.717) is 42.4 Å². The van der Waals surface area contributed by atoms with Crippen molar-refractivity contribution in [2.24, 2.45) is 0 Å². The smallest absolute Gasteiger partial charge is 0.329 e. The normalized spacial score (nSPS) is 14.8. The average Bonchev–Trinajstić information content (AvgIpc) is 3.34. The molecule has 4 aromatic rings. The maximum absolute atomic E-state index is 12.9. The first kappa shape index (κ1) is 19.1. The van der Waals surface area contributed by atoms with Crippen LogP contribution in [0.3, 0.4) is 0 Å². The van der Waals surface area contributed by atoms with Crippen LogP contribution in [0.5, 0.6) is 0 Å². The summed E-state index contributed by atoms with van der Waals surface area (Å²) in [5, 5.41) is 0.503. The molecular formula is C24H22N4O3. The molecule has 7 heteroatoms. The van der Waals surface area contributed by atoms with E-state index in [4.69, 9.17) is 0 Å². The minimum absolute atomic E-state index is 0.0303. The lowest BCUT2D eigenvalue weighted by Crippen LogP contribution is -2.45. The number of hydrogen-bond acceptors (Lipinski definition) is 3. The summed E-state index contributed by atoms with van der Waals surface area (Å²) in [5.41, 5.74) is 1.51. The summed E-state index contributed by atoms with van der Waals surface area (Å²) in [4.78, 5) is 42.9. The number of carbonyl (C=O) groups is 1. The van der Waals surface area contributed by atoms with Crippen molar-refractivity contribution in [3.63, 3.8) is 0 Å². The van der Waals surface area contributed by atoms with E-state index in [1.807, 2.05) is 53.4 Å². The third-order valence-electron chi connectivity index (χ3n) is 5.97. The lowest BCUT2D eigenvalue weighted by Gasteiger charge is -2.32. The van der Waals surface area contributed by atoms with Gasteiger partial charge < -0.3 is 14.5 Å². The van der Waals surface area contributed by atoms with Crippen molar-refractivity contribution in [3.8, 4) is 5.69 Å². The quantitative estimate of drug-likeness (QED) is 0.560. The van der Waals surface area contributed by atoms with Gasteiger partial charge in [-0.25, -0.2) is 4.79 Å². The average molecular weight is 414 g/mol. The van der Waals surface area contributed by atoms with E-state index < -0.39 is 5.69 Å². The molecule has 1 fully saturated rings. The highest BCUT2D eigenvalue weighted by atomic mass is 16.2. The van der Waals surface area contributed by atoms with Crippen molar-refractivity contribution < 1.29 is 4.79 Å². The molecule has 0 spiro atoms. The van der Waals surface area contributed by atoms with Gasteiger partial charge in [0, 0.05) is 42.8 Å². The van der Waals surface area contributed by atoms with Gasteiger partial charge in [-0.1, -0.05) is 12.1 Å². The lowest BCUT2D eigenvalue weighted by atomic mass is 10.0. The molecule has 0 atom stereocenters. The van der Waals surface area contributed by atoms with E-state index in [1.165, 1.54) is 4.57 Å². The molecule has 3 heterocycles. The molecule has 5 rings (SSSR count). The first-order chi connectivity index (χ1) is 15.1. The van der Waals surface area contributed by atoms with Crippen molar-refractivity contribution in [3.05, 3.63) is 99.5 Å². The highest BCUT2D eigenvalue weighted by Gasteiger charge is 2.26. The zero-order valence-corrected chi connectivity index (χ0v) is 16.9. The summed E-state index contributed by atoms with van der Waals surface area (Å²) in [6.45, 7) is 1.00. The number of hydrogen-bond donors (Lipinski definition) is 1. The van der Waals surface area contributed by atoms with Crippen molar-refractivity contribution in [2.75, 3.05) is 13.1 Å². The summed E-state index contributed by atoms with van der Waals surface area (Å²) < 4.78 is 3.30. The number of aromatic amines is 1. The van der Waals surface area contributed by atoms with Gasteiger partial charge in [0.25, 0.3) is 11.5 Å².